The van der Waals surface area contributed by atoms with E-state index in [1.54, 1.807) is 14.2 Å². The molecule has 0 radical (unpaired) electrons. The van der Waals surface area contributed by atoms with E-state index < -0.39 is 13.4 Å². The zero-order valence-electron chi connectivity index (χ0n) is 13.0. The van der Waals surface area contributed by atoms with E-state index in [-0.39, 0.29) is 0 Å². The van der Waals surface area contributed by atoms with Gasteiger partial charge in [-0.1, -0.05) is 0 Å². The summed E-state index contributed by atoms with van der Waals surface area (Å²) in [6, 6.07) is 0. The Morgan fingerprint density at radius 3 is 1.00 bits per heavy atom. The molecular weight excluding hydrogens is 342 g/mol. The Morgan fingerprint density at radius 2 is 0.850 bits per heavy atom. The van der Waals surface area contributed by atoms with Gasteiger partial charge < -0.3 is 22.8 Å². The van der Waals surface area contributed by atoms with Crippen LogP contribution < -0.4 is 0 Å². The number of methoxy groups -OCH3 is 1. The Bertz CT molecular complexity index is 268. The number of hydrogen-bond acceptors (Lipinski definition) is 8. The van der Waals surface area contributed by atoms with Crippen LogP contribution in [0.2, 0.25) is 0 Å². The second-order valence-corrected chi connectivity index (χ2v) is 9.21. The van der Waals surface area contributed by atoms with E-state index >= 15 is 0 Å². The van der Waals surface area contributed by atoms with Crippen molar-refractivity contribution in [3.63, 3.8) is 0 Å². The lowest BCUT2D eigenvalue weighted by Crippen LogP contribution is -2.03. The molecule has 6 nitrogen and oxygen atoms in total. The van der Waals surface area contributed by atoms with Gasteiger partial charge in [0.15, 0.2) is 0 Å². The van der Waals surface area contributed by atoms with Gasteiger partial charge in [-0.3, -0.25) is 0 Å². The third-order valence-electron chi connectivity index (χ3n) is 1.35. The van der Waals surface area contributed by atoms with Crippen LogP contribution in [0.25, 0.3) is 0 Å². The van der Waals surface area contributed by atoms with Gasteiger partial charge in [-0.15, -0.1) is 0 Å². The molecule has 0 heterocycles. The molecule has 0 rings (SSSR count). The van der Waals surface area contributed by atoms with Gasteiger partial charge in [0.25, 0.3) is 0 Å². The molecule has 0 aliphatic heterocycles. The number of ether oxygens (including phenoxy) is 1. The first-order valence-electron chi connectivity index (χ1n) is 6.26. The molecule has 0 spiro atoms. The first-order valence-corrected chi connectivity index (χ1v) is 11.4. The van der Waals surface area contributed by atoms with E-state index in [2.05, 4.69) is 4.74 Å². The average Bonchev–Trinajstić information content (AvgIpc) is 2.30. The van der Waals surface area contributed by atoms with Crippen LogP contribution in [-0.2, 0) is 50.8 Å². The Labute approximate surface area is 132 Å². The predicted molar refractivity (Wildman–Crippen MR) is 89.1 cm³/mol. The summed E-state index contributed by atoms with van der Waals surface area (Å²) in [4.78, 5) is 0. The van der Waals surface area contributed by atoms with Crippen molar-refractivity contribution >= 4 is 37.1 Å². The van der Waals surface area contributed by atoms with E-state index in [0.29, 0.717) is 26.4 Å². The van der Waals surface area contributed by atoms with Crippen molar-refractivity contribution < 1.29 is 27.1 Å². The molecule has 0 bridgehead atoms. The lowest BCUT2D eigenvalue weighted by Gasteiger charge is -2.27. The Hall–Kier alpha value is 1.06. The third-order valence-corrected chi connectivity index (χ3v) is 7.71. The van der Waals surface area contributed by atoms with Crippen LogP contribution in [0.15, 0.2) is 0 Å². The molecular formula is C10H26O6P2S2. The molecule has 0 atom stereocenters. The maximum atomic E-state index is 5.55. The largest absolute Gasteiger partial charge is 0.388 e. The van der Waals surface area contributed by atoms with Crippen LogP contribution in [0.5, 0.6) is 0 Å². The fourth-order valence-corrected chi connectivity index (χ4v) is 7.30. The molecule has 0 N–H and O–H groups in total. The summed E-state index contributed by atoms with van der Waals surface area (Å²) < 4.78 is 31.2. The normalized spacial score (nSPS) is 11.9. The van der Waals surface area contributed by atoms with Crippen LogP contribution in [0.1, 0.15) is 27.7 Å². The molecule has 0 aliphatic rings. The third kappa shape index (κ3) is 11.7. The van der Waals surface area contributed by atoms with Gasteiger partial charge in [0, 0.05) is 14.2 Å². The maximum absolute atomic E-state index is 5.55. The van der Waals surface area contributed by atoms with E-state index in [1.165, 1.54) is 0 Å². The molecule has 0 aromatic rings. The molecule has 10 heteroatoms. The molecule has 0 saturated carbocycles. The van der Waals surface area contributed by atoms with E-state index in [0.717, 1.165) is 0 Å². The molecule has 20 heavy (non-hydrogen) atoms. The highest BCUT2D eigenvalue weighted by atomic mass is 32.5. The summed E-state index contributed by atoms with van der Waals surface area (Å²) in [5, 5.41) is 0. The lowest BCUT2D eigenvalue weighted by atomic mass is 10.9. The van der Waals surface area contributed by atoms with E-state index in [9.17, 15) is 0 Å². The van der Waals surface area contributed by atoms with Gasteiger partial charge >= 0.3 is 13.4 Å². The Balaban J connectivity index is 0. The topological polar surface area (TPSA) is 55.4 Å². The van der Waals surface area contributed by atoms with E-state index in [4.69, 9.17) is 46.0 Å². The number of hydrogen-bond donors (Lipinski definition) is 0. The molecule has 0 amide bonds. The molecule has 124 valence electrons. The summed E-state index contributed by atoms with van der Waals surface area (Å²) in [6.07, 6.45) is 0. The van der Waals surface area contributed by atoms with Gasteiger partial charge in [0.1, 0.15) is 0 Å². The second-order valence-electron chi connectivity index (χ2n) is 3.06. The standard InChI is InChI=1S/C8H20O5P2S2.C2H6O/c1-5-9-14(16,10-6-2)13-15(17,11-7-3)12-8-4;1-3-2/h5-8H2,1-4H3;1-2H3. The summed E-state index contributed by atoms with van der Waals surface area (Å²) in [5.41, 5.74) is 0. The Kier molecular flexibility index (Phi) is 16.0. The lowest BCUT2D eigenvalue weighted by molar-refractivity contribution is 0.176. The monoisotopic (exact) mass is 368 g/mol. The average molecular weight is 368 g/mol. The zero-order chi connectivity index (χ0) is 16.1. The first kappa shape index (κ1) is 23.3. The van der Waals surface area contributed by atoms with Crippen molar-refractivity contribution in [2.24, 2.45) is 0 Å². The minimum absolute atomic E-state index is 0.394. The van der Waals surface area contributed by atoms with Crippen LogP contribution in [0.3, 0.4) is 0 Å². The minimum Gasteiger partial charge on any atom is -0.388 e. The summed E-state index contributed by atoms with van der Waals surface area (Å²) in [6.45, 7) is 3.09. The van der Waals surface area contributed by atoms with Crippen LogP contribution >= 0.6 is 13.4 Å². The van der Waals surface area contributed by atoms with Gasteiger partial charge in [-0.25, -0.2) is 4.31 Å². The van der Waals surface area contributed by atoms with Gasteiger partial charge in [-0.2, -0.15) is 0 Å². The SMILES string of the molecule is CCOP(=S)(OCC)OP(=S)(OCC)OCC.COC. The van der Waals surface area contributed by atoms with Crippen LogP contribution in [-0.4, -0.2) is 40.6 Å². The first-order chi connectivity index (χ1) is 9.36. The summed E-state index contributed by atoms with van der Waals surface area (Å²) >= 11 is 10.4. The Morgan fingerprint density at radius 1 is 0.650 bits per heavy atom. The molecule has 0 aromatic heterocycles. The summed E-state index contributed by atoms with van der Waals surface area (Å²) in [5.74, 6) is 0. The van der Waals surface area contributed by atoms with Gasteiger partial charge in [0.2, 0.25) is 0 Å². The van der Waals surface area contributed by atoms with Crippen molar-refractivity contribution in [2.75, 3.05) is 40.6 Å². The van der Waals surface area contributed by atoms with Crippen molar-refractivity contribution in [1.29, 1.82) is 0 Å². The highest BCUT2D eigenvalue weighted by Crippen LogP contribution is 2.66. The highest BCUT2D eigenvalue weighted by molar-refractivity contribution is 8.14. The quantitative estimate of drug-likeness (QED) is 0.539. The smallest absolute Gasteiger partial charge is 0.334 e. The maximum Gasteiger partial charge on any atom is 0.334 e. The number of rotatable bonds is 10. The fraction of sp³-hybridized carbons (Fsp3) is 1.00. The van der Waals surface area contributed by atoms with Crippen molar-refractivity contribution in [3.8, 4) is 0 Å². The second kappa shape index (κ2) is 13.7. The molecule has 0 fully saturated rings. The minimum atomic E-state index is -2.87. The summed E-state index contributed by atoms with van der Waals surface area (Å²) in [7, 11) is 3.25. The van der Waals surface area contributed by atoms with Gasteiger partial charge in [0.05, 0.1) is 26.4 Å². The van der Waals surface area contributed by atoms with Crippen molar-refractivity contribution in [1.82, 2.24) is 0 Å². The van der Waals surface area contributed by atoms with Crippen LogP contribution in [0.4, 0.5) is 0 Å². The highest BCUT2D eigenvalue weighted by Gasteiger charge is 2.31. The molecule has 0 unspecified atom stereocenters. The molecule has 0 aliphatic carbocycles. The predicted octanol–water partition coefficient (Wildman–Crippen LogP) is 3.86. The molecule has 0 saturated heterocycles. The molecule has 0 aromatic carbocycles. The van der Waals surface area contributed by atoms with Crippen molar-refractivity contribution in [3.05, 3.63) is 0 Å². The van der Waals surface area contributed by atoms with E-state index in [1.807, 2.05) is 27.7 Å². The zero-order valence-corrected chi connectivity index (χ0v) is 16.4. The van der Waals surface area contributed by atoms with Gasteiger partial charge in [-0.05, 0) is 51.3 Å². The van der Waals surface area contributed by atoms with Crippen LogP contribution in [0, 0.1) is 0 Å². The fourth-order valence-electron chi connectivity index (χ4n) is 0.924. The van der Waals surface area contributed by atoms with Crippen molar-refractivity contribution in [2.45, 2.75) is 27.7 Å².